The molecule has 1 aromatic carbocycles. The number of nitrogens with zero attached hydrogens (tertiary/aromatic N) is 1. The standard InChI is InChI=1S/C19H24N2O2/c22-18(20-16-11-14-5-1-2-6-15(14)12-16)17-7-3-4-10-21(17)19(23)13-8-9-13/h1-2,5-6,13,16-17H,3-4,7-12H2,(H,20,22)/t17-/m1/s1. The van der Waals surface area contributed by atoms with Gasteiger partial charge >= 0.3 is 0 Å². The molecular weight excluding hydrogens is 288 g/mol. The third-order valence-electron chi connectivity index (χ3n) is 5.41. The zero-order chi connectivity index (χ0) is 15.8. The number of benzene rings is 1. The minimum atomic E-state index is -0.249. The van der Waals surface area contributed by atoms with Crippen LogP contribution in [0, 0.1) is 5.92 Å². The molecule has 23 heavy (non-hydrogen) atoms. The minimum absolute atomic E-state index is 0.0523. The first-order valence-electron chi connectivity index (χ1n) is 8.90. The number of hydrogen-bond donors (Lipinski definition) is 1. The molecule has 2 amide bonds. The molecule has 1 aliphatic heterocycles. The van der Waals surface area contributed by atoms with Gasteiger partial charge in [-0.1, -0.05) is 24.3 Å². The Labute approximate surface area is 137 Å². The van der Waals surface area contributed by atoms with Crippen molar-refractivity contribution in [3.8, 4) is 0 Å². The summed E-state index contributed by atoms with van der Waals surface area (Å²) in [5.74, 6) is 0.454. The average molecular weight is 312 g/mol. The second-order valence-corrected chi connectivity index (χ2v) is 7.20. The highest BCUT2D eigenvalue weighted by Crippen LogP contribution is 2.33. The van der Waals surface area contributed by atoms with E-state index in [0.717, 1.165) is 51.5 Å². The van der Waals surface area contributed by atoms with Crippen molar-refractivity contribution in [3.05, 3.63) is 35.4 Å². The Morgan fingerprint density at radius 1 is 1.00 bits per heavy atom. The lowest BCUT2D eigenvalue weighted by molar-refractivity contribution is -0.143. The maximum Gasteiger partial charge on any atom is 0.243 e. The fourth-order valence-electron chi connectivity index (χ4n) is 3.99. The van der Waals surface area contributed by atoms with Crippen LogP contribution in [-0.2, 0) is 22.4 Å². The van der Waals surface area contributed by atoms with Gasteiger partial charge in [0.25, 0.3) is 0 Å². The van der Waals surface area contributed by atoms with Crippen LogP contribution in [0.1, 0.15) is 43.2 Å². The van der Waals surface area contributed by atoms with Crippen LogP contribution in [0.3, 0.4) is 0 Å². The Morgan fingerprint density at radius 2 is 1.70 bits per heavy atom. The highest BCUT2D eigenvalue weighted by molar-refractivity contribution is 5.89. The Hall–Kier alpha value is -1.84. The van der Waals surface area contributed by atoms with E-state index in [2.05, 4.69) is 29.6 Å². The lowest BCUT2D eigenvalue weighted by Crippen LogP contribution is -2.54. The van der Waals surface area contributed by atoms with E-state index in [-0.39, 0.29) is 29.8 Å². The molecule has 4 nitrogen and oxygen atoms in total. The summed E-state index contributed by atoms with van der Waals surface area (Å²) in [6.45, 7) is 0.748. The topological polar surface area (TPSA) is 49.4 Å². The molecule has 4 heteroatoms. The maximum absolute atomic E-state index is 12.8. The van der Waals surface area contributed by atoms with Gasteiger partial charge in [0.15, 0.2) is 0 Å². The predicted molar refractivity (Wildman–Crippen MR) is 87.9 cm³/mol. The second-order valence-electron chi connectivity index (χ2n) is 7.20. The van der Waals surface area contributed by atoms with Crippen LogP contribution in [-0.4, -0.2) is 35.3 Å². The zero-order valence-corrected chi connectivity index (χ0v) is 13.5. The van der Waals surface area contributed by atoms with Crippen molar-refractivity contribution in [1.82, 2.24) is 10.2 Å². The third-order valence-corrected chi connectivity index (χ3v) is 5.41. The third kappa shape index (κ3) is 2.99. The van der Waals surface area contributed by atoms with Crippen molar-refractivity contribution in [2.45, 2.75) is 57.0 Å². The SMILES string of the molecule is O=C(NC1Cc2ccccc2C1)[C@H]1CCCCN1C(=O)C1CC1. The summed E-state index contributed by atoms with van der Waals surface area (Å²) in [6.07, 6.45) is 6.69. The summed E-state index contributed by atoms with van der Waals surface area (Å²) in [5, 5.41) is 3.21. The van der Waals surface area contributed by atoms with Crippen LogP contribution in [0.25, 0.3) is 0 Å². The van der Waals surface area contributed by atoms with Gasteiger partial charge in [-0.05, 0) is 56.1 Å². The van der Waals surface area contributed by atoms with Gasteiger partial charge in [-0.25, -0.2) is 0 Å². The number of hydrogen-bond acceptors (Lipinski definition) is 2. The summed E-state index contributed by atoms with van der Waals surface area (Å²) in [7, 11) is 0. The molecule has 2 fully saturated rings. The molecule has 4 rings (SSSR count). The minimum Gasteiger partial charge on any atom is -0.351 e. The highest BCUT2D eigenvalue weighted by atomic mass is 16.2. The number of nitrogens with one attached hydrogen (secondary N) is 1. The van der Waals surface area contributed by atoms with Crippen LogP contribution >= 0.6 is 0 Å². The van der Waals surface area contributed by atoms with Crippen LogP contribution in [0.5, 0.6) is 0 Å². The normalized spacial score (nSPS) is 24.3. The lowest BCUT2D eigenvalue weighted by atomic mass is 10.00. The number of amides is 2. The van der Waals surface area contributed by atoms with Crippen molar-refractivity contribution in [2.75, 3.05) is 6.54 Å². The Balaban J connectivity index is 1.41. The molecule has 1 heterocycles. The van der Waals surface area contributed by atoms with Gasteiger partial charge in [-0.3, -0.25) is 9.59 Å². The van der Waals surface area contributed by atoms with E-state index in [1.807, 2.05) is 4.90 Å². The molecular formula is C19H24N2O2. The van der Waals surface area contributed by atoms with Crippen LogP contribution < -0.4 is 5.32 Å². The molecule has 1 N–H and O–H groups in total. The van der Waals surface area contributed by atoms with Crippen LogP contribution in [0.4, 0.5) is 0 Å². The Kier molecular flexibility index (Phi) is 3.83. The second kappa shape index (κ2) is 5.99. The van der Waals surface area contributed by atoms with Crippen molar-refractivity contribution < 1.29 is 9.59 Å². The zero-order valence-electron chi connectivity index (χ0n) is 13.5. The fraction of sp³-hybridized carbons (Fsp3) is 0.579. The fourth-order valence-corrected chi connectivity index (χ4v) is 3.99. The molecule has 0 aromatic heterocycles. The molecule has 2 aliphatic carbocycles. The van der Waals surface area contributed by atoms with Gasteiger partial charge < -0.3 is 10.2 Å². The first kappa shape index (κ1) is 14.7. The molecule has 122 valence electrons. The largest absolute Gasteiger partial charge is 0.351 e. The highest BCUT2D eigenvalue weighted by Gasteiger charge is 2.40. The number of carbonyl (C=O) groups is 2. The molecule has 1 aromatic rings. The average Bonchev–Trinajstić information content (AvgIpc) is 3.34. The van der Waals surface area contributed by atoms with E-state index in [1.54, 1.807) is 0 Å². The molecule has 0 unspecified atom stereocenters. The Bertz CT molecular complexity index is 599. The number of rotatable bonds is 3. The molecule has 0 radical (unpaired) electrons. The lowest BCUT2D eigenvalue weighted by Gasteiger charge is -2.35. The van der Waals surface area contributed by atoms with Gasteiger partial charge in [0.1, 0.15) is 6.04 Å². The van der Waals surface area contributed by atoms with Gasteiger partial charge in [-0.15, -0.1) is 0 Å². The molecule has 0 bridgehead atoms. The van der Waals surface area contributed by atoms with Crippen molar-refractivity contribution in [1.29, 1.82) is 0 Å². The molecule has 1 saturated heterocycles. The van der Waals surface area contributed by atoms with Crippen LogP contribution in [0.15, 0.2) is 24.3 Å². The van der Waals surface area contributed by atoms with E-state index in [9.17, 15) is 9.59 Å². The summed E-state index contributed by atoms with van der Waals surface area (Å²) in [4.78, 5) is 27.1. The van der Waals surface area contributed by atoms with E-state index in [4.69, 9.17) is 0 Å². The van der Waals surface area contributed by atoms with E-state index in [1.165, 1.54) is 11.1 Å². The molecule has 0 spiro atoms. The summed E-state index contributed by atoms with van der Waals surface area (Å²) in [6, 6.07) is 8.33. The van der Waals surface area contributed by atoms with E-state index < -0.39 is 0 Å². The smallest absolute Gasteiger partial charge is 0.243 e. The summed E-state index contributed by atoms with van der Waals surface area (Å²) < 4.78 is 0. The monoisotopic (exact) mass is 312 g/mol. The maximum atomic E-state index is 12.8. The number of likely N-dealkylation sites (tertiary alicyclic amines) is 1. The van der Waals surface area contributed by atoms with Crippen molar-refractivity contribution in [2.24, 2.45) is 5.92 Å². The van der Waals surface area contributed by atoms with Gasteiger partial charge in [-0.2, -0.15) is 0 Å². The summed E-state index contributed by atoms with van der Waals surface area (Å²) in [5.41, 5.74) is 2.68. The quantitative estimate of drug-likeness (QED) is 0.929. The molecule has 3 aliphatic rings. The number of piperidine rings is 1. The predicted octanol–water partition coefficient (Wildman–Crippen LogP) is 2.06. The first-order valence-corrected chi connectivity index (χ1v) is 8.90. The van der Waals surface area contributed by atoms with Gasteiger partial charge in [0.2, 0.25) is 11.8 Å². The first-order chi connectivity index (χ1) is 11.2. The number of fused-ring (bicyclic) bond motifs is 1. The van der Waals surface area contributed by atoms with Crippen molar-refractivity contribution >= 4 is 11.8 Å². The Morgan fingerprint density at radius 3 is 2.35 bits per heavy atom. The molecule has 1 saturated carbocycles. The van der Waals surface area contributed by atoms with E-state index in [0.29, 0.717) is 0 Å². The summed E-state index contributed by atoms with van der Waals surface area (Å²) >= 11 is 0. The van der Waals surface area contributed by atoms with Crippen molar-refractivity contribution in [3.63, 3.8) is 0 Å². The van der Waals surface area contributed by atoms with Gasteiger partial charge in [0, 0.05) is 18.5 Å². The van der Waals surface area contributed by atoms with Gasteiger partial charge in [0.05, 0.1) is 0 Å². The number of carbonyl (C=O) groups excluding carboxylic acids is 2. The van der Waals surface area contributed by atoms with E-state index >= 15 is 0 Å². The van der Waals surface area contributed by atoms with Crippen LogP contribution in [0.2, 0.25) is 0 Å². The molecule has 1 atom stereocenters.